The smallest absolute Gasteiger partial charge is 0.191 e. The molecular weight excluding hydrogens is 377 g/mol. The van der Waals surface area contributed by atoms with Crippen molar-refractivity contribution in [3.8, 4) is 5.75 Å². The third-order valence-corrected chi connectivity index (χ3v) is 5.37. The maximum atomic E-state index is 13.8. The predicted octanol–water partition coefficient (Wildman–Crippen LogP) is 3.63. The van der Waals surface area contributed by atoms with E-state index in [-0.39, 0.29) is 12.6 Å². The van der Waals surface area contributed by atoms with E-state index in [0.29, 0.717) is 32.1 Å². The summed E-state index contributed by atoms with van der Waals surface area (Å²) in [4.78, 5) is 5.53. The second-order valence-electron chi connectivity index (χ2n) is 6.58. The minimum absolute atomic E-state index is 0.205. The summed E-state index contributed by atoms with van der Waals surface area (Å²) >= 11 is 1.74. The molecule has 0 bridgehead atoms. The predicted molar refractivity (Wildman–Crippen MR) is 112 cm³/mol. The first kappa shape index (κ1) is 20.5. The van der Waals surface area contributed by atoms with Gasteiger partial charge in [-0.05, 0) is 54.5 Å². The number of aliphatic imine (C=N–C) groups is 1. The number of nitrogens with zero attached hydrogens (tertiary/aromatic N) is 1. The van der Waals surface area contributed by atoms with Crippen LogP contribution in [-0.2, 0) is 24.3 Å². The fraction of sp³-hybridized carbons (Fsp3) is 0.381. The summed E-state index contributed by atoms with van der Waals surface area (Å²) in [7, 11) is 1.74. The number of hydrogen-bond donors (Lipinski definition) is 2. The Hall–Kier alpha value is -2.25. The molecule has 0 radical (unpaired) electrons. The third-order valence-electron chi connectivity index (χ3n) is 4.55. The average Bonchev–Trinajstić information content (AvgIpc) is 2.70. The van der Waals surface area contributed by atoms with Gasteiger partial charge in [-0.25, -0.2) is 4.39 Å². The fourth-order valence-electron chi connectivity index (χ4n) is 3.16. The van der Waals surface area contributed by atoms with E-state index in [4.69, 9.17) is 9.47 Å². The van der Waals surface area contributed by atoms with Crippen LogP contribution >= 0.6 is 11.8 Å². The Morgan fingerprint density at radius 1 is 1.21 bits per heavy atom. The molecule has 0 spiro atoms. The molecule has 0 fully saturated rings. The van der Waals surface area contributed by atoms with E-state index in [1.165, 1.54) is 28.2 Å². The van der Waals surface area contributed by atoms with Crippen LogP contribution in [0.5, 0.6) is 5.75 Å². The molecule has 5 nitrogen and oxygen atoms in total. The number of rotatable bonds is 6. The molecule has 0 amide bonds. The van der Waals surface area contributed by atoms with E-state index in [1.54, 1.807) is 18.8 Å². The molecule has 2 aromatic rings. The standard InChI is InChI=1S/C21H26FN3O2S/c1-14-4-5-16(19(8-14)28-3)11-25-21(23-2)24-7-6-15-9-18(22)10-17-12-26-13-27-20(15)17/h4-5,8-10H,6-7,11-13H2,1-3H3,(H2,23,24,25). The van der Waals surface area contributed by atoms with Gasteiger partial charge in [0.25, 0.3) is 0 Å². The molecule has 28 heavy (non-hydrogen) atoms. The van der Waals surface area contributed by atoms with Gasteiger partial charge in [0.2, 0.25) is 0 Å². The van der Waals surface area contributed by atoms with Crippen molar-refractivity contribution in [3.05, 3.63) is 58.4 Å². The van der Waals surface area contributed by atoms with Crippen molar-refractivity contribution in [2.24, 2.45) is 4.99 Å². The molecule has 1 heterocycles. The number of thioether (sulfide) groups is 1. The van der Waals surface area contributed by atoms with E-state index in [2.05, 4.69) is 47.0 Å². The van der Waals surface area contributed by atoms with Crippen molar-refractivity contribution < 1.29 is 13.9 Å². The maximum Gasteiger partial charge on any atom is 0.191 e. The van der Waals surface area contributed by atoms with Gasteiger partial charge in [0.1, 0.15) is 11.6 Å². The van der Waals surface area contributed by atoms with E-state index in [9.17, 15) is 4.39 Å². The molecule has 3 rings (SSSR count). The molecular formula is C21H26FN3O2S. The number of benzene rings is 2. The van der Waals surface area contributed by atoms with E-state index >= 15 is 0 Å². The average molecular weight is 404 g/mol. The third kappa shape index (κ3) is 5.17. The monoisotopic (exact) mass is 403 g/mol. The normalized spacial score (nSPS) is 13.6. The van der Waals surface area contributed by atoms with Crippen LogP contribution in [-0.4, -0.2) is 32.6 Å². The van der Waals surface area contributed by atoms with Gasteiger partial charge in [-0.1, -0.05) is 12.1 Å². The van der Waals surface area contributed by atoms with Crippen LogP contribution in [0.2, 0.25) is 0 Å². The van der Waals surface area contributed by atoms with E-state index in [0.717, 1.165) is 16.9 Å². The molecule has 7 heteroatoms. The quantitative estimate of drug-likeness (QED) is 0.438. The number of halogens is 1. The Kier molecular flexibility index (Phi) is 7.17. The molecule has 150 valence electrons. The lowest BCUT2D eigenvalue weighted by Crippen LogP contribution is -2.38. The van der Waals surface area contributed by atoms with Gasteiger partial charge in [0.05, 0.1) is 6.61 Å². The summed E-state index contributed by atoms with van der Waals surface area (Å²) in [6.45, 7) is 3.98. The summed E-state index contributed by atoms with van der Waals surface area (Å²) in [6, 6.07) is 9.44. The Labute approximate surface area is 169 Å². The highest BCUT2D eigenvalue weighted by atomic mass is 32.2. The van der Waals surface area contributed by atoms with Crippen molar-refractivity contribution in [1.29, 1.82) is 0 Å². The fourth-order valence-corrected chi connectivity index (χ4v) is 3.86. The number of nitrogens with one attached hydrogen (secondary N) is 2. The van der Waals surface area contributed by atoms with Crippen LogP contribution in [0.3, 0.4) is 0 Å². The van der Waals surface area contributed by atoms with Crippen LogP contribution in [0.4, 0.5) is 4.39 Å². The highest BCUT2D eigenvalue weighted by Gasteiger charge is 2.16. The number of guanidine groups is 1. The zero-order chi connectivity index (χ0) is 19.9. The highest BCUT2D eigenvalue weighted by Crippen LogP contribution is 2.29. The van der Waals surface area contributed by atoms with Crippen molar-refractivity contribution >= 4 is 17.7 Å². The summed E-state index contributed by atoms with van der Waals surface area (Å²) in [5, 5.41) is 6.63. The zero-order valence-electron chi connectivity index (χ0n) is 16.5. The second-order valence-corrected chi connectivity index (χ2v) is 7.43. The largest absolute Gasteiger partial charge is 0.467 e. The lowest BCUT2D eigenvalue weighted by Gasteiger charge is -2.21. The van der Waals surface area contributed by atoms with Gasteiger partial charge in [0.15, 0.2) is 12.8 Å². The minimum atomic E-state index is -0.269. The Morgan fingerprint density at radius 2 is 2.07 bits per heavy atom. The topological polar surface area (TPSA) is 54.9 Å². The van der Waals surface area contributed by atoms with Crippen molar-refractivity contribution in [2.75, 3.05) is 26.6 Å². The van der Waals surface area contributed by atoms with Crippen LogP contribution in [0.1, 0.15) is 22.3 Å². The lowest BCUT2D eigenvalue weighted by atomic mass is 10.1. The Bertz CT molecular complexity index is 858. The highest BCUT2D eigenvalue weighted by molar-refractivity contribution is 7.98. The van der Waals surface area contributed by atoms with Gasteiger partial charge in [-0.3, -0.25) is 4.99 Å². The molecule has 0 aliphatic carbocycles. The van der Waals surface area contributed by atoms with E-state index in [1.807, 2.05) is 0 Å². The summed E-state index contributed by atoms with van der Waals surface area (Å²) < 4.78 is 24.6. The maximum absolute atomic E-state index is 13.8. The Balaban J connectivity index is 1.56. The van der Waals surface area contributed by atoms with Crippen molar-refractivity contribution in [3.63, 3.8) is 0 Å². The molecule has 0 saturated carbocycles. The molecule has 2 aromatic carbocycles. The summed E-state index contributed by atoms with van der Waals surface area (Å²) in [5.74, 6) is 1.18. The van der Waals surface area contributed by atoms with Gasteiger partial charge >= 0.3 is 0 Å². The summed E-state index contributed by atoms with van der Waals surface area (Å²) in [6.07, 6.45) is 2.71. The number of hydrogen-bond acceptors (Lipinski definition) is 4. The lowest BCUT2D eigenvalue weighted by molar-refractivity contribution is -0.0172. The second kappa shape index (κ2) is 9.80. The zero-order valence-corrected chi connectivity index (χ0v) is 17.3. The van der Waals surface area contributed by atoms with Crippen molar-refractivity contribution in [1.82, 2.24) is 10.6 Å². The van der Waals surface area contributed by atoms with Gasteiger partial charge in [-0.15, -0.1) is 11.8 Å². The number of ether oxygens (including phenoxy) is 2. The SMILES string of the molecule is CN=C(NCCc1cc(F)cc2c1OCOC2)NCc1ccc(C)cc1SC. The van der Waals surface area contributed by atoms with Crippen LogP contribution in [0.25, 0.3) is 0 Å². The van der Waals surface area contributed by atoms with Crippen LogP contribution in [0, 0.1) is 12.7 Å². The Morgan fingerprint density at radius 3 is 2.86 bits per heavy atom. The minimum Gasteiger partial charge on any atom is -0.467 e. The van der Waals surface area contributed by atoms with E-state index < -0.39 is 0 Å². The van der Waals surface area contributed by atoms with Gasteiger partial charge in [-0.2, -0.15) is 0 Å². The molecule has 0 atom stereocenters. The molecule has 0 aromatic heterocycles. The van der Waals surface area contributed by atoms with Gasteiger partial charge in [0, 0.05) is 30.6 Å². The van der Waals surface area contributed by atoms with Crippen LogP contribution < -0.4 is 15.4 Å². The van der Waals surface area contributed by atoms with Gasteiger partial charge < -0.3 is 20.1 Å². The molecule has 0 saturated heterocycles. The molecule has 1 aliphatic rings. The number of fused-ring (bicyclic) bond motifs is 1. The number of aryl methyl sites for hydroxylation is 1. The first-order valence-corrected chi connectivity index (χ1v) is 10.4. The molecule has 2 N–H and O–H groups in total. The molecule has 0 unspecified atom stereocenters. The first-order valence-electron chi connectivity index (χ1n) is 9.20. The first-order chi connectivity index (χ1) is 13.6. The van der Waals surface area contributed by atoms with Crippen LogP contribution in [0.15, 0.2) is 40.2 Å². The molecule has 1 aliphatic heterocycles. The summed E-state index contributed by atoms with van der Waals surface area (Å²) in [5.41, 5.74) is 4.08. The van der Waals surface area contributed by atoms with Crippen molar-refractivity contribution in [2.45, 2.75) is 31.4 Å².